The quantitative estimate of drug-likeness (QED) is 0.762. The number of carbonyl (C=O) groups excluding carboxylic acids is 1. The van der Waals surface area contributed by atoms with Crippen molar-refractivity contribution >= 4 is 15.7 Å². The molecule has 0 saturated carbocycles. The van der Waals surface area contributed by atoms with E-state index in [4.69, 9.17) is 0 Å². The van der Waals surface area contributed by atoms with E-state index in [0.29, 0.717) is 24.3 Å². The first kappa shape index (κ1) is 19.6. The molecule has 3 rings (SSSR count). The molecule has 1 aliphatic heterocycles. The largest absolute Gasteiger partial charge is 0.339 e. The Balaban J connectivity index is 1.63. The standard InChI is InChI=1S/C22H27NO3S/c1-17-10-11-19(15-18(17)2)12-13-22(24)23-14-6-7-20(23)16-27(25,26)21-8-4-3-5-9-21/h3-5,8-11,15,20H,6-7,12-14,16H2,1-2H3. The van der Waals surface area contributed by atoms with Crippen molar-refractivity contribution in [1.82, 2.24) is 4.90 Å². The minimum atomic E-state index is -3.38. The molecular weight excluding hydrogens is 358 g/mol. The predicted molar refractivity (Wildman–Crippen MR) is 107 cm³/mol. The molecule has 27 heavy (non-hydrogen) atoms. The molecule has 5 heteroatoms. The van der Waals surface area contributed by atoms with Crippen LogP contribution >= 0.6 is 0 Å². The molecule has 1 aliphatic rings. The maximum absolute atomic E-state index is 12.7. The number of hydrogen-bond acceptors (Lipinski definition) is 3. The fourth-order valence-electron chi connectivity index (χ4n) is 3.67. The van der Waals surface area contributed by atoms with Crippen LogP contribution in [0.3, 0.4) is 0 Å². The van der Waals surface area contributed by atoms with Gasteiger partial charge in [-0.2, -0.15) is 0 Å². The second kappa shape index (κ2) is 8.26. The van der Waals surface area contributed by atoms with E-state index in [9.17, 15) is 13.2 Å². The Morgan fingerprint density at radius 1 is 1.07 bits per heavy atom. The van der Waals surface area contributed by atoms with Crippen molar-refractivity contribution < 1.29 is 13.2 Å². The molecule has 2 aromatic carbocycles. The zero-order valence-corrected chi connectivity index (χ0v) is 16.8. The summed E-state index contributed by atoms with van der Waals surface area (Å²) in [6.45, 7) is 4.80. The molecule has 1 amide bonds. The minimum Gasteiger partial charge on any atom is -0.339 e. The third-order valence-corrected chi connectivity index (χ3v) is 7.22. The lowest BCUT2D eigenvalue weighted by Gasteiger charge is -2.25. The van der Waals surface area contributed by atoms with Crippen LogP contribution in [0.15, 0.2) is 53.4 Å². The average Bonchev–Trinajstić information content (AvgIpc) is 3.10. The second-order valence-electron chi connectivity index (χ2n) is 7.40. The average molecular weight is 386 g/mol. The van der Waals surface area contributed by atoms with Gasteiger partial charge in [0.15, 0.2) is 9.84 Å². The molecule has 2 aromatic rings. The van der Waals surface area contributed by atoms with E-state index in [0.717, 1.165) is 18.4 Å². The number of hydrogen-bond donors (Lipinski definition) is 0. The van der Waals surface area contributed by atoms with E-state index >= 15 is 0 Å². The number of aryl methyl sites for hydroxylation is 3. The summed E-state index contributed by atoms with van der Waals surface area (Å²) in [5, 5.41) is 0. The van der Waals surface area contributed by atoms with Crippen molar-refractivity contribution in [2.24, 2.45) is 0 Å². The first-order chi connectivity index (χ1) is 12.9. The number of amides is 1. The van der Waals surface area contributed by atoms with E-state index in [-0.39, 0.29) is 17.7 Å². The minimum absolute atomic E-state index is 0.00634. The first-order valence-corrected chi connectivity index (χ1v) is 11.2. The molecule has 0 aliphatic carbocycles. The smallest absolute Gasteiger partial charge is 0.223 e. The summed E-state index contributed by atoms with van der Waals surface area (Å²) in [6.07, 6.45) is 2.73. The van der Waals surface area contributed by atoms with E-state index in [2.05, 4.69) is 32.0 Å². The molecule has 144 valence electrons. The van der Waals surface area contributed by atoms with Gasteiger partial charge in [0, 0.05) is 19.0 Å². The molecule has 1 unspecified atom stereocenters. The summed E-state index contributed by atoms with van der Waals surface area (Å²) in [6, 6.07) is 14.6. The Labute approximate surface area is 162 Å². The van der Waals surface area contributed by atoms with Gasteiger partial charge in [0.1, 0.15) is 0 Å². The molecule has 0 radical (unpaired) electrons. The summed E-state index contributed by atoms with van der Waals surface area (Å²) in [7, 11) is -3.38. The maximum atomic E-state index is 12.7. The summed E-state index contributed by atoms with van der Waals surface area (Å²) >= 11 is 0. The predicted octanol–water partition coefficient (Wildman–Crippen LogP) is 3.70. The monoisotopic (exact) mass is 385 g/mol. The Hall–Kier alpha value is -2.14. The molecular formula is C22H27NO3S. The Morgan fingerprint density at radius 3 is 2.52 bits per heavy atom. The topological polar surface area (TPSA) is 54.5 Å². The van der Waals surface area contributed by atoms with Gasteiger partial charge in [-0.05, 0) is 61.9 Å². The molecule has 1 saturated heterocycles. The van der Waals surface area contributed by atoms with Crippen LogP contribution in [0.5, 0.6) is 0 Å². The van der Waals surface area contributed by atoms with Gasteiger partial charge in [-0.15, -0.1) is 0 Å². The van der Waals surface area contributed by atoms with Gasteiger partial charge in [0.2, 0.25) is 5.91 Å². The van der Waals surface area contributed by atoms with Crippen LogP contribution in [-0.4, -0.2) is 37.6 Å². The van der Waals surface area contributed by atoms with Crippen LogP contribution in [-0.2, 0) is 21.1 Å². The fraction of sp³-hybridized carbons (Fsp3) is 0.409. The third kappa shape index (κ3) is 4.78. The summed E-state index contributed by atoms with van der Waals surface area (Å²) in [5.41, 5.74) is 3.63. The lowest BCUT2D eigenvalue weighted by atomic mass is 10.0. The van der Waals surface area contributed by atoms with Gasteiger partial charge in [-0.25, -0.2) is 8.42 Å². The number of benzene rings is 2. The zero-order chi connectivity index (χ0) is 19.4. The summed E-state index contributed by atoms with van der Waals surface area (Å²) < 4.78 is 25.3. The van der Waals surface area contributed by atoms with Crippen LogP contribution in [0.2, 0.25) is 0 Å². The van der Waals surface area contributed by atoms with Crippen molar-refractivity contribution in [1.29, 1.82) is 0 Å². The number of sulfone groups is 1. The Bertz CT molecular complexity index is 906. The highest BCUT2D eigenvalue weighted by atomic mass is 32.2. The highest BCUT2D eigenvalue weighted by Gasteiger charge is 2.32. The lowest BCUT2D eigenvalue weighted by Crippen LogP contribution is -2.39. The zero-order valence-electron chi connectivity index (χ0n) is 16.0. The van der Waals surface area contributed by atoms with Gasteiger partial charge in [0.25, 0.3) is 0 Å². The molecule has 4 nitrogen and oxygen atoms in total. The van der Waals surface area contributed by atoms with Crippen molar-refractivity contribution in [3.8, 4) is 0 Å². The molecule has 0 spiro atoms. The first-order valence-electron chi connectivity index (χ1n) is 9.50. The van der Waals surface area contributed by atoms with Crippen LogP contribution < -0.4 is 0 Å². The second-order valence-corrected chi connectivity index (χ2v) is 9.43. The highest BCUT2D eigenvalue weighted by molar-refractivity contribution is 7.91. The molecule has 1 fully saturated rings. The Morgan fingerprint density at radius 2 is 1.81 bits per heavy atom. The molecule has 1 atom stereocenters. The van der Waals surface area contributed by atoms with Crippen molar-refractivity contribution in [2.45, 2.75) is 50.5 Å². The van der Waals surface area contributed by atoms with E-state index < -0.39 is 9.84 Å². The van der Waals surface area contributed by atoms with E-state index in [1.165, 1.54) is 11.1 Å². The lowest BCUT2D eigenvalue weighted by molar-refractivity contribution is -0.131. The number of carbonyl (C=O) groups is 1. The normalized spacial score (nSPS) is 17.3. The van der Waals surface area contributed by atoms with E-state index in [1.54, 1.807) is 35.2 Å². The summed E-state index contributed by atoms with van der Waals surface area (Å²) in [5.74, 6) is 0.0610. The van der Waals surface area contributed by atoms with Crippen molar-refractivity contribution in [3.63, 3.8) is 0 Å². The van der Waals surface area contributed by atoms with Gasteiger partial charge >= 0.3 is 0 Å². The van der Waals surface area contributed by atoms with Crippen LogP contribution in [0, 0.1) is 13.8 Å². The van der Waals surface area contributed by atoms with Crippen LogP contribution in [0.25, 0.3) is 0 Å². The maximum Gasteiger partial charge on any atom is 0.223 e. The Kier molecular flexibility index (Phi) is 6.00. The molecule has 0 N–H and O–H groups in total. The third-order valence-electron chi connectivity index (χ3n) is 5.41. The van der Waals surface area contributed by atoms with Gasteiger partial charge in [-0.3, -0.25) is 4.79 Å². The number of nitrogens with zero attached hydrogens (tertiary/aromatic N) is 1. The van der Waals surface area contributed by atoms with Gasteiger partial charge in [-0.1, -0.05) is 36.4 Å². The SMILES string of the molecule is Cc1ccc(CCC(=O)N2CCCC2CS(=O)(=O)c2ccccc2)cc1C. The summed E-state index contributed by atoms with van der Waals surface area (Å²) in [4.78, 5) is 14.8. The fourth-order valence-corrected chi connectivity index (χ4v) is 5.29. The van der Waals surface area contributed by atoms with Gasteiger partial charge < -0.3 is 4.90 Å². The van der Waals surface area contributed by atoms with Crippen LogP contribution in [0.4, 0.5) is 0 Å². The van der Waals surface area contributed by atoms with Crippen molar-refractivity contribution in [2.75, 3.05) is 12.3 Å². The number of likely N-dealkylation sites (tertiary alicyclic amines) is 1. The molecule has 0 aromatic heterocycles. The van der Waals surface area contributed by atoms with Crippen molar-refractivity contribution in [3.05, 3.63) is 65.2 Å². The van der Waals surface area contributed by atoms with Gasteiger partial charge in [0.05, 0.1) is 10.6 Å². The van der Waals surface area contributed by atoms with Crippen LogP contribution in [0.1, 0.15) is 36.0 Å². The highest BCUT2D eigenvalue weighted by Crippen LogP contribution is 2.23. The molecule has 1 heterocycles. The van der Waals surface area contributed by atoms with E-state index in [1.807, 2.05) is 0 Å². The number of rotatable bonds is 6. The molecule has 0 bridgehead atoms.